The molecule has 1 aromatic rings. The molecule has 76 valence electrons. The molecular weight excluding hydrogens is 196 g/mol. The number of rotatable bonds is 4. The minimum Gasteiger partial charge on any atom is -0.377 e. The van der Waals surface area contributed by atoms with Crippen molar-refractivity contribution in [3.8, 4) is 0 Å². The smallest absolute Gasteiger partial charge is 0.0794 e. The van der Waals surface area contributed by atoms with Gasteiger partial charge in [0.1, 0.15) is 0 Å². The molecule has 0 saturated heterocycles. The van der Waals surface area contributed by atoms with Crippen molar-refractivity contribution in [3.63, 3.8) is 0 Å². The van der Waals surface area contributed by atoms with Crippen LogP contribution in [0.5, 0.6) is 0 Å². The van der Waals surface area contributed by atoms with Gasteiger partial charge in [0, 0.05) is 24.2 Å². The first kappa shape index (κ1) is 9.83. The van der Waals surface area contributed by atoms with E-state index in [4.69, 9.17) is 4.74 Å². The van der Waals surface area contributed by atoms with Gasteiger partial charge in [-0.15, -0.1) is 11.3 Å². The Hall–Kier alpha value is -0.710. The van der Waals surface area contributed by atoms with E-state index < -0.39 is 0 Å². The maximum atomic E-state index is 5.35. The fraction of sp³-hybridized carbons (Fsp3) is 0.500. The van der Waals surface area contributed by atoms with Gasteiger partial charge in [-0.2, -0.15) is 0 Å². The molecule has 0 radical (unpaired) electrons. The van der Waals surface area contributed by atoms with Gasteiger partial charge in [0.05, 0.1) is 18.7 Å². The highest BCUT2D eigenvalue weighted by Gasteiger charge is 2.02. The summed E-state index contributed by atoms with van der Waals surface area (Å²) in [5.74, 6) is 0. The molecule has 14 heavy (non-hydrogen) atoms. The predicted molar refractivity (Wildman–Crippen MR) is 57.3 cm³/mol. The summed E-state index contributed by atoms with van der Waals surface area (Å²) < 4.78 is 5.35. The molecule has 3 nitrogen and oxygen atoms in total. The number of hydrogen-bond acceptors (Lipinski definition) is 4. The van der Waals surface area contributed by atoms with Crippen LogP contribution in [0, 0.1) is 0 Å². The fourth-order valence-corrected chi connectivity index (χ4v) is 1.97. The molecule has 0 fully saturated rings. The molecule has 0 aliphatic carbocycles. The van der Waals surface area contributed by atoms with E-state index in [0.717, 1.165) is 32.7 Å². The maximum Gasteiger partial charge on any atom is 0.0794 e. The summed E-state index contributed by atoms with van der Waals surface area (Å²) in [4.78, 5) is 5.31. The van der Waals surface area contributed by atoms with E-state index in [1.165, 1.54) is 10.5 Å². The van der Waals surface area contributed by atoms with E-state index in [0.29, 0.717) is 0 Å². The average molecular weight is 210 g/mol. The molecule has 0 amide bonds. The van der Waals surface area contributed by atoms with Crippen LogP contribution in [0.25, 0.3) is 0 Å². The molecule has 0 saturated carbocycles. The topological polar surface area (TPSA) is 34.2 Å². The van der Waals surface area contributed by atoms with Gasteiger partial charge in [-0.05, 0) is 12.0 Å². The molecule has 1 aromatic heterocycles. The predicted octanol–water partition coefficient (Wildman–Crippen LogP) is 1.58. The van der Waals surface area contributed by atoms with Crippen molar-refractivity contribution in [1.29, 1.82) is 0 Å². The zero-order valence-electron chi connectivity index (χ0n) is 8.03. The van der Waals surface area contributed by atoms with E-state index in [9.17, 15) is 0 Å². The third-order valence-electron chi connectivity index (χ3n) is 2.12. The number of hydrogen-bond donors (Lipinski definition) is 1. The Kier molecular flexibility index (Phi) is 3.68. The van der Waals surface area contributed by atoms with Crippen molar-refractivity contribution < 1.29 is 4.74 Å². The molecule has 2 rings (SSSR count). The van der Waals surface area contributed by atoms with Crippen molar-refractivity contribution in [3.05, 3.63) is 28.2 Å². The molecule has 0 bridgehead atoms. The summed E-state index contributed by atoms with van der Waals surface area (Å²) in [5, 5.41) is 3.38. The van der Waals surface area contributed by atoms with Gasteiger partial charge in [-0.3, -0.25) is 4.98 Å². The van der Waals surface area contributed by atoms with Gasteiger partial charge < -0.3 is 10.1 Å². The quantitative estimate of drug-likeness (QED) is 0.766. The van der Waals surface area contributed by atoms with E-state index >= 15 is 0 Å². The molecule has 0 aromatic carbocycles. The van der Waals surface area contributed by atoms with Crippen molar-refractivity contribution in [1.82, 2.24) is 10.3 Å². The Balaban J connectivity index is 1.70. The first-order valence-corrected chi connectivity index (χ1v) is 5.67. The van der Waals surface area contributed by atoms with Crippen LogP contribution < -0.4 is 5.32 Å². The van der Waals surface area contributed by atoms with Gasteiger partial charge in [0.2, 0.25) is 0 Å². The van der Waals surface area contributed by atoms with Crippen molar-refractivity contribution >= 4 is 11.3 Å². The first-order chi connectivity index (χ1) is 6.95. The Labute approximate surface area is 87.8 Å². The van der Waals surface area contributed by atoms with Crippen LogP contribution in [0.15, 0.2) is 23.4 Å². The van der Waals surface area contributed by atoms with Gasteiger partial charge in [0.25, 0.3) is 0 Å². The fourth-order valence-electron chi connectivity index (χ4n) is 1.41. The Bertz CT molecular complexity index is 295. The van der Waals surface area contributed by atoms with E-state index in [1.807, 2.05) is 11.7 Å². The average Bonchev–Trinajstić information content (AvgIpc) is 2.72. The van der Waals surface area contributed by atoms with Crippen LogP contribution in [-0.2, 0) is 11.3 Å². The molecule has 1 aliphatic rings. The summed E-state index contributed by atoms with van der Waals surface area (Å²) >= 11 is 1.69. The molecule has 4 heteroatoms. The number of thiazole rings is 1. The third kappa shape index (κ3) is 2.90. The monoisotopic (exact) mass is 210 g/mol. The maximum absolute atomic E-state index is 5.35. The highest BCUT2D eigenvalue weighted by atomic mass is 32.1. The third-order valence-corrected chi connectivity index (χ3v) is 2.90. The Morgan fingerprint density at radius 1 is 1.50 bits per heavy atom. The van der Waals surface area contributed by atoms with Gasteiger partial charge in [0.15, 0.2) is 0 Å². The molecule has 0 unspecified atom stereocenters. The second-order valence-corrected chi connectivity index (χ2v) is 4.25. The molecular formula is C10H14N2OS. The highest BCUT2D eigenvalue weighted by Crippen LogP contribution is 2.06. The largest absolute Gasteiger partial charge is 0.377 e. The van der Waals surface area contributed by atoms with Gasteiger partial charge in [-0.25, -0.2) is 0 Å². The zero-order valence-corrected chi connectivity index (χ0v) is 8.85. The number of aromatic nitrogens is 1. The minimum atomic E-state index is 0.787. The Morgan fingerprint density at radius 2 is 2.50 bits per heavy atom. The van der Waals surface area contributed by atoms with Crippen LogP contribution >= 0.6 is 11.3 Å². The first-order valence-electron chi connectivity index (χ1n) is 4.79. The lowest BCUT2D eigenvalue weighted by molar-refractivity contribution is 0.149. The van der Waals surface area contributed by atoms with Gasteiger partial charge >= 0.3 is 0 Å². The number of nitrogens with one attached hydrogen (secondary N) is 1. The summed E-state index contributed by atoms with van der Waals surface area (Å²) in [7, 11) is 0. The van der Waals surface area contributed by atoms with Crippen molar-refractivity contribution in [2.75, 3.05) is 19.8 Å². The summed E-state index contributed by atoms with van der Waals surface area (Å²) in [5.41, 5.74) is 3.22. The van der Waals surface area contributed by atoms with Crippen LogP contribution in [-0.4, -0.2) is 24.7 Å². The van der Waals surface area contributed by atoms with E-state index in [2.05, 4.69) is 16.4 Å². The second kappa shape index (κ2) is 5.24. The van der Waals surface area contributed by atoms with Crippen molar-refractivity contribution in [2.24, 2.45) is 0 Å². The molecule has 1 aliphatic heterocycles. The summed E-state index contributed by atoms with van der Waals surface area (Å²) in [6.45, 7) is 3.49. The summed E-state index contributed by atoms with van der Waals surface area (Å²) in [6.07, 6.45) is 5.23. The minimum absolute atomic E-state index is 0.787. The molecule has 1 N–H and O–H groups in total. The summed E-state index contributed by atoms with van der Waals surface area (Å²) in [6, 6.07) is 0. The lowest BCUT2D eigenvalue weighted by atomic mass is 10.2. The molecule has 0 spiro atoms. The van der Waals surface area contributed by atoms with Crippen LogP contribution in [0.2, 0.25) is 0 Å². The van der Waals surface area contributed by atoms with E-state index in [1.54, 1.807) is 11.3 Å². The lowest BCUT2D eigenvalue weighted by Crippen LogP contribution is -2.20. The lowest BCUT2D eigenvalue weighted by Gasteiger charge is -2.13. The number of nitrogens with zero attached hydrogens (tertiary/aromatic N) is 1. The van der Waals surface area contributed by atoms with E-state index in [-0.39, 0.29) is 0 Å². The molecule has 2 heterocycles. The number of ether oxygens (including phenoxy) is 1. The SMILES string of the molecule is C1=C(CNCc2cncs2)COCC1. The zero-order chi connectivity index (χ0) is 9.64. The molecule has 0 atom stereocenters. The normalized spacial score (nSPS) is 16.7. The van der Waals surface area contributed by atoms with Gasteiger partial charge in [-0.1, -0.05) is 6.08 Å². The highest BCUT2D eigenvalue weighted by molar-refractivity contribution is 7.09. The van der Waals surface area contributed by atoms with Crippen molar-refractivity contribution in [2.45, 2.75) is 13.0 Å². The Morgan fingerprint density at radius 3 is 3.21 bits per heavy atom. The van der Waals surface area contributed by atoms with Crippen LogP contribution in [0.4, 0.5) is 0 Å². The van der Waals surface area contributed by atoms with Crippen LogP contribution in [0.1, 0.15) is 11.3 Å². The van der Waals surface area contributed by atoms with Crippen LogP contribution in [0.3, 0.4) is 0 Å². The standard InChI is InChI=1S/C10H14N2OS/c1-2-9(7-13-3-1)4-11-5-10-6-12-8-14-10/h2,6,8,11H,1,3-5,7H2. The second-order valence-electron chi connectivity index (χ2n) is 3.27.